The minimum atomic E-state index is -1.05. The molecular weight excluding hydrogens is 400 g/mol. The van der Waals surface area contributed by atoms with Gasteiger partial charge in [-0.2, -0.15) is 0 Å². The summed E-state index contributed by atoms with van der Waals surface area (Å²) in [5.74, 6) is 0.778. The Bertz CT molecular complexity index is 1090. The number of pyridine rings is 1. The molecule has 0 spiro atoms. The molecule has 9 nitrogen and oxygen atoms in total. The minimum absolute atomic E-state index is 0.301. The number of ether oxygens (including phenoxy) is 2. The van der Waals surface area contributed by atoms with Crippen LogP contribution >= 0.6 is 0 Å². The van der Waals surface area contributed by atoms with Gasteiger partial charge >= 0.3 is 12.0 Å². The van der Waals surface area contributed by atoms with E-state index in [4.69, 9.17) is 14.6 Å². The number of fused-ring (bicyclic) bond motifs is 1. The molecule has 0 fully saturated rings. The molecule has 0 saturated heterocycles. The maximum atomic E-state index is 12.8. The van der Waals surface area contributed by atoms with Crippen LogP contribution < -0.4 is 25.0 Å². The van der Waals surface area contributed by atoms with Gasteiger partial charge in [0, 0.05) is 17.4 Å². The Morgan fingerprint density at radius 1 is 1.06 bits per heavy atom. The number of amides is 2. The Morgan fingerprint density at radius 3 is 2.68 bits per heavy atom. The normalized spacial score (nSPS) is 12.3. The van der Waals surface area contributed by atoms with E-state index in [0.29, 0.717) is 47.7 Å². The molecule has 0 radical (unpaired) electrons. The minimum Gasteiger partial charge on any atom is -0.488 e. The predicted molar refractivity (Wildman–Crippen MR) is 115 cm³/mol. The molecule has 0 saturated carbocycles. The largest absolute Gasteiger partial charge is 0.488 e. The lowest BCUT2D eigenvalue weighted by Crippen LogP contribution is -2.41. The molecule has 158 valence electrons. The van der Waals surface area contributed by atoms with Crippen LogP contribution in [0.4, 0.5) is 27.8 Å². The second kappa shape index (κ2) is 9.04. The van der Waals surface area contributed by atoms with Crippen molar-refractivity contribution in [3.8, 4) is 11.5 Å². The molecule has 2 heterocycles. The number of urea groups is 1. The van der Waals surface area contributed by atoms with E-state index < -0.39 is 12.6 Å². The van der Waals surface area contributed by atoms with Crippen LogP contribution in [0.2, 0.25) is 0 Å². The molecule has 0 atom stereocenters. The number of carbonyl (C=O) groups is 2. The molecule has 3 aromatic rings. The number of aliphatic carboxylic acids is 1. The Kier molecular flexibility index (Phi) is 5.84. The molecule has 1 aromatic heterocycles. The van der Waals surface area contributed by atoms with Gasteiger partial charge in [0.2, 0.25) is 0 Å². The fraction of sp³-hybridized carbons (Fsp3) is 0.136. The van der Waals surface area contributed by atoms with Gasteiger partial charge in [-0.1, -0.05) is 24.3 Å². The maximum absolute atomic E-state index is 12.8. The number of anilines is 4. The molecule has 4 rings (SSSR count). The number of para-hydroxylation sites is 1. The molecule has 3 N–H and O–H groups in total. The molecule has 1 aliphatic rings. The highest BCUT2D eigenvalue weighted by atomic mass is 16.5. The molecule has 2 amide bonds. The molecule has 2 aromatic carbocycles. The van der Waals surface area contributed by atoms with E-state index >= 15 is 0 Å². The van der Waals surface area contributed by atoms with Crippen LogP contribution in [-0.2, 0) is 4.79 Å². The second-order valence-electron chi connectivity index (χ2n) is 6.65. The van der Waals surface area contributed by atoms with Crippen LogP contribution in [0, 0.1) is 0 Å². The summed E-state index contributed by atoms with van der Waals surface area (Å²) in [7, 11) is 0. The first kappa shape index (κ1) is 20.0. The van der Waals surface area contributed by atoms with Gasteiger partial charge in [0.1, 0.15) is 18.2 Å². The predicted octanol–water partition coefficient (Wildman–Crippen LogP) is 3.72. The summed E-state index contributed by atoms with van der Waals surface area (Å²) < 4.78 is 10.8. The Hall–Kier alpha value is -4.27. The summed E-state index contributed by atoms with van der Waals surface area (Å²) in [5, 5.41) is 14.8. The third-order valence-electron chi connectivity index (χ3n) is 4.41. The molecule has 0 bridgehead atoms. The third-order valence-corrected chi connectivity index (χ3v) is 4.41. The summed E-state index contributed by atoms with van der Waals surface area (Å²) in [4.78, 5) is 29.6. The third kappa shape index (κ3) is 5.02. The lowest BCUT2D eigenvalue weighted by Gasteiger charge is -2.28. The molecule has 1 aliphatic heterocycles. The first-order chi connectivity index (χ1) is 15.1. The number of aromatic nitrogens is 1. The molecule has 9 heteroatoms. The topological polar surface area (TPSA) is 113 Å². The summed E-state index contributed by atoms with van der Waals surface area (Å²) in [6.07, 6.45) is 0. The van der Waals surface area contributed by atoms with E-state index in [-0.39, 0.29) is 6.03 Å². The van der Waals surface area contributed by atoms with E-state index in [9.17, 15) is 9.59 Å². The maximum Gasteiger partial charge on any atom is 0.341 e. The molecule has 31 heavy (non-hydrogen) atoms. The van der Waals surface area contributed by atoms with E-state index in [1.807, 2.05) is 30.3 Å². The zero-order chi connectivity index (χ0) is 21.6. The quantitative estimate of drug-likeness (QED) is 0.557. The van der Waals surface area contributed by atoms with Gasteiger partial charge < -0.3 is 25.2 Å². The number of benzene rings is 2. The van der Waals surface area contributed by atoms with Crippen LogP contribution in [-0.4, -0.2) is 41.8 Å². The smallest absolute Gasteiger partial charge is 0.341 e. The zero-order valence-corrected chi connectivity index (χ0v) is 16.4. The van der Waals surface area contributed by atoms with Crippen LogP contribution in [0.15, 0.2) is 66.7 Å². The van der Waals surface area contributed by atoms with Crippen molar-refractivity contribution < 1.29 is 24.2 Å². The van der Waals surface area contributed by atoms with E-state index in [1.54, 1.807) is 36.4 Å². The first-order valence-corrected chi connectivity index (χ1v) is 9.57. The van der Waals surface area contributed by atoms with Gasteiger partial charge in [-0.05, 0) is 36.4 Å². The van der Waals surface area contributed by atoms with Gasteiger partial charge in [0.25, 0.3) is 0 Å². The van der Waals surface area contributed by atoms with Gasteiger partial charge in [0.05, 0.1) is 6.54 Å². The summed E-state index contributed by atoms with van der Waals surface area (Å²) in [6.45, 7) is 0.302. The lowest BCUT2D eigenvalue weighted by molar-refractivity contribution is -0.139. The van der Waals surface area contributed by atoms with Crippen LogP contribution in [0.1, 0.15) is 0 Å². The van der Waals surface area contributed by atoms with Gasteiger partial charge in [-0.25, -0.2) is 14.6 Å². The number of rotatable bonds is 6. The average molecular weight is 420 g/mol. The summed E-state index contributed by atoms with van der Waals surface area (Å²) in [5.41, 5.74) is 1.35. The monoisotopic (exact) mass is 420 g/mol. The number of hydrogen-bond donors (Lipinski definition) is 3. The highest BCUT2D eigenvalue weighted by Crippen LogP contribution is 2.32. The van der Waals surface area contributed by atoms with Crippen molar-refractivity contribution >= 4 is 35.0 Å². The lowest BCUT2D eigenvalue weighted by atomic mass is 10.3. The van der Waals surface area contributed by atoms with E-state index in [1.165, 1.54) is 4.90 Å². The highest BCUT2D eigenvalue weighted by molar-refractivity contribution is 6.02. The number of carboxylic acids is 1. The Labute approximate surface area is 178 Å². The number of carbonyl (C=O) groups excluding carboxylic acids is 1. The standard InChI is InChI=1S/C22H20N4O5/c27-20(28)14-31-17-8-4-7-16(13-17)23-19-10-9-18-21(25-19)26(11-12-30-18)22(29)24-15-5-2-1-3-6-15/h1-10,13H,11-12,14H2,(H,23,25)(H,24,29)(H,27,28). The average Bonchev–Trinajstić information content (AvgIpc) is 2.78. The SMILES string of the molecule is O=C(O)COc1cccc(Nc2ccc3c(n2)N(C(=O)Nc2ccccc2)CCO3)c1. The van der Waals surface area contributed by atoms with E-state index in [0.717, 1.165) is 0 Å². The highest BCUT2D eigenvalue weighted by Gasteiger charge is 2.26. The van der Waals surface area contributed by atoms with Crippen molar-refractivity contribution in [2.45, 2.75) is 0 Å². The van der Waals surface area contributed by atoms with Crippen molar-refractivity contribution in [1.82, 2.24) is 4.98 Å². The summed E-state index contributed by atoms with van der Waals surface area (Å²) >= 11 is 0. The molecule has 0 aliphatic carbocycles. The Morgan fingerprint density at radius 2 is 1.87 bits per heavy atom. The first-order valence-electron chi connectivity index (χ1n) is 9.57. The Balaban J connectivity index is 1.52. The second-order valence-corrected chi connectivity index (χ2v) is 6.65. The summed E-state index contributed by atoms with van der Waals surface area (Å²) in [6, 6.07) is 19.2. The zero-order valence-electron chi connectivity index (χ0n) is 16.4. The van der Waals surface area contributed by atoms with Crippen LogP contribution in [0.5, 0.6) is 11.5 Å². The number of nitrogens with one attached hydrogen (secondary N) is 2. The van der Waals surface area contributed by atoms with Crippen molar-refractivity contribution in [1.29, 1.82) is 0 Å². The number of carboxylic acid groups (broad SMARTS) is 1. The molecule has 0 unspecified atom stereocenters. The van der Waals surface area contributed by atoms with Gasteiger partial charge in [0.15, 0.2) is 18.2 Å². The van der Waals surface area contributed by atoms with Gasteiger partial charge in [-0.3, -0.25) is 4.90 Å². The van der Waals surface area contributed by atoms with Crippen molar-refractivity contribution in [2.24, 2.45) is 0 Å². The van der Waals surface area contributed by atoms with Crippen molar-refractivity contribution in [3.63, 3.8) is 0 Å². The van der Waals surface area contributed by atoms with Crippen LogP contribution in [0.3, 0.4) is 0 Å². The number of nitrogens with zero attached hydrogens (tertiary/aromatic N) is 2. The van der Waals surface area contributed by atoms with E-state index in [2.05, 4.69) is 15.6 Å². The van der Waals surface area contributed by atoms with Crippen molar-refractivity contribution in [3.05, 3.63) is 66.7 Å². The fourth-order valence-corrected chi connectivity index (χ4v) is 3.03. The van der Waals surface area contributed by atoms with Crippen molar-refractivity contribution in [2.75, 3.05) is 35.3 Å². The van der Waals surface area contributed by atoms with Gasteiger partial charge in [-0.15, -0.1) is 0 Å². The number of hydrogen-bond acceptors (Lipinski definition) is 6. The molecular formula is C22H20N4O5. The fourth-order valence-electron chi connectivity index (χ4n) is 3.03. The van der Waals surface area contributed by atoms with Crippen LogP contribution in [0.25, 0.3) is 0 Å².